The summed E-state index contributed by atoms with van der Waals surface area (Å²) in [5, 5.41) is 4.31. The Balaban J connectivity index is 1.46. The molecule has 3 aromatic rings. The van der Waals surface area contributed by atoms with Crippen LogP contribution in [0.5, 0.6) is 0 Å². The number of amides is 1. The van der Waals surface area contributed by atoms with Gasteiger partial charge in [0.1, 0.15) is 5.76 Å². The molecule has 32 heavy (non-hydrogen) atoms. The zero-order valence-corrected chi connectivity index (χ0v) is 19.0. The summed E-state index contributed by atoms with van der Waals surface area (Å²) < 4.78 is 7.75. The SMILES string of the molecule is CC(C)c1cnc(-c2cnc(N3CCN(C(=O)C4CC4)[C@H](C)C3)nc2-c2cnn(C)c2)o1. The van der Waals surface area contributed by atoms with Crippen molar-refractivity contribution in [3.8, 4) is 22.7 Å². The van der Waals surface area contributed by atoms with Gasteiger partial charge < -0.3 is 14.2 Å². The van der Waals surface area contributed by atoms with E-state index in [1.165, 1.54) is 0 Å². The largest absolute Gasteiger partial charge is 0.441 e. The minimum atomic E-state index is 0.127. The molecule has 1 saturated carbocycles. The van der Waals surface area contributed by atoms with E-state index in [0.717, 1.165) is 35.4 Å². The first-order valence-electron chi connectivity index (χ1n) is 11.3. The van der Waals surface area contributed by atoms with Crippen molar-refractivity contribution in [1.82, 2.24) is 29.6 Å². The van der Waals surface area contributed by atoms with Crippen molar-refractivity contribution in [2.45, 2.75) is 45.6 Å². The Morgan fingerprint density at radius 3 is 2.59 bits per heavy atom. The first-order valence-corrected chi connectivity index (χ1v) is 11.3. The second-order valence-corrected chi connectivity index (χ2v) is 9.16. The molecule has 0 bridgehead atoms. The molecule has 0 radical (unpaired) electrons. The van der Waals surface area contributed by atoms with Gasteiger partial charge in [-0.1, -0.05) is 13.8 Å². The van der Waals surface area contributed by atoms with Gasteiger partial charge in [0.15, 0.2) is 0 Å². The Morgan fingerprint density at radius 1 is 1.16 bits per heavy atom. The van der Waals surface area contributed by atoms with Gasteiger partial charge in [0.25, 0.3) is 0 Å². The number of aryl methyl sites for hydroxylation is 1. The van der Waals surface area contributed by atoms with Crippen molar-refractivity contribution < 1.29 is 9.21 Å². The van der Waals surface area contributed by atoms with Gasteiger partial charge in [0.2, 0.25) is 17.7 Å². The van der Waals surface area contributed by atoms with Crippen LogP contribution in [0.1, 0.15) is 45.3 Å². The summed E-state index contributed by atoms with van der Waals surface area (Å²) >= 11 is 0. The van der Waals surface area contributed by atoms with Crippen LogP contribution in [0.4, 0.5) is 5.95 Å². The Labute approximate surface area is 187 Å². The minimum Gasteiger partial charge on any atom is -0.441 e. The molecule has 9 heteroatoms. The summed E-state index contributed by atoms with van der Waals surface area (Å²) in [6.07, 6.45) is 9.33. The maximum absolute atomic E-state index is 12.6. The van der Waals surface area contributed by atoms with E-state index >= 15 is 0 Å². The molecule has 1 aliphatic carbocycles. The molecule has 0 spiro atoms. The summed E-state index contributed by atoms with van der Waals surface area (Å²) in [5.41, 5.74) is 2.36. The molecule has 0 aromatic carbocycles. The van der Waals surface area contributed by atoms with Crippen LogP contribution in [0.3, 0.4) is 0 Å². The zero-order chi connectivity index (χ0) is 22.4. The lowest BCUT2D eigenvalue weighted by Crippen LogP contribution is -2.54. The van der Waals surface area contributed by atoms with Crippen LogP contribution in [0, 0.1) is 5.92 Å². The van der Waals surface area contributed by atoms with Crippen molar-refractivity contribution >= 4 is 11.9 Å². The number of carbonyl (C=O) groups is 1. The fraction of sp³-hybridized carbons (Fsp3) is 0.522. The molecule has 4 heterocycles. The smallest absolute Gasteiger partial charge is 0.230 e. The van der Waals surface area contributed by atoms with Gasteiger partial charge in [-0.25, -0.2) is 15.0 Å². The number of oxazole rings is 1. The van der Waals surface area contributed by atoms with Crippen LogP contribution in [0.25, 0.3) is 22.7 Å². The van der Waals surface area contributed by atoms with Crippen molar-refractivity contribution in [1.29, 1.82) is 0 Å². The fourth-order valence-corrected chi connectivity index (χ4v) is 4.15. The molecule has 0 N–H and O–H groups in total. The molecule has 1 amide bonds. The lowest BCUT2D eigenvalue weighted by Gasteiger charge is -2.40. The number of carbonyl (C=O) groups excluding carboxylic acids is 1. The molecule has 9 nitrogen and oxygen atoms in total. The van der Waals surface area contributed by atoms with E-state index in [1.807, 2.05) is 18.1 Å². The predicted octanol–water partition coefficient (Wildman–Crippen LogP) is 3.10. The molecule has 1 saturated heterocycles. The van der Waals surface area contributed by atoms with Gasteiger partial charge in [-0.2, -0.15) is 5.10 Å². The highest BCUT2D eigenvalue weighted by Gasteiger charge is 2.37. The van der Waals surface area contributed by atoms with E-state index in [2.05, 4.69) is 40.7 Å². The molecule has 1 atom stereocenters. The highest BCUT2D eigenvalue weighted by atomic mass is 16.4. The molecule has 5 rings (SSSR count). The normalized spacial score (nSPS) is 19.1. The van der Waals surface area contributed by atoms with Crippen molar-refractivity contribution in [3.05, 3.63) is 30.5 Å². The summed E-state index contributed by atoms with van der Waals surface area (Å²) in [4.78, 5) is 30.8. The first kappa shape index (κ1) is 20.7. The summed E-state index contributed by atoms with van der Waals surface area (Å²) in [7, 11) is 1.88. The van der Waals surface area contributed by atoms with E-state index in [1.54, 1.807) is 23.3 Å². The standard InChI is InChI=1S/C23H29N7O2/c1-14(2)19-11-24-21(32-19)18-10-25-23(27-20(18)17-9-26-28(4)13-17)29-7-8-30(15(3)12-29)22(31)16-5-6-16/h9-11,13-16H,5-8,12H2,1-4H3/t15-/m1/s1. The van der Waals surface area contributed by atoms with Crippen LogP contribution >= 0.6 is 0 Å². The Hall–Kier alpha value is -3.23. The highest BCUT2D eigenvalue weighted by Crippen LogP contribution is 2.34. The third kappa shape index (κ3) is 3.87. The number of anilines is 1. The van der Waals surface area contributed by atoms with Gasteiger partial charge in [-0.05, 0) is 19.8 Å². The van der Waals surface area contributed by atoms with Crippen molar-refractivity contribution in [2.75, 3.05) is 24.5 Å². The number of hydrogen-bond acceptors (Lipinski definition) is 7. The molecule has 0 unspecified atom stereocenters. The average Bonchev–Trinajstić information content (AvgIpc) is 3.34. The fourth-order valence-electron chi connectivity index (χ4n) is 4.15. The van der Waals surface area contributed by atoms with Crippen LogP contribution in [-0.2, 0) is 11.8 Å². The topological polar surface area (TPSA) is 93.2 Å². The van der Waals surface area contributed by atoms with Gasteiger partial charge >= 0.3 is 0 Å². The summed E-state index contributed by atoms with van der Waals surface area (Å²) in [6.45, 7) is 8.36. The second-order valence-electron chi connectivity index (χ2n) is 9.16. The molecule has 168 valence electrons. The molecular weight excluding hydrogens is 406 g/mol. The highest BCUT2D eigenvalue weighted by molar-refractivity contribution is 5.81. The monoisotopic (exact) mass is 435 g/mol. The van der Waals surface area contributed by atoms with Gasteiger partial charge in [0.05, 0.1) is 23.7 Å². The van der Waals surface area contributed by atoms with Gasteiger partial charge in [0, 0.05) is 62.5 Å². The minimum absolute atomic E-state index is 0.127. The molecular formula is C23H29N7O2. The van der Waals surface area contributed by atoms with Gasteiger partial charge in [-0.15, -0.1) is 0 Å². The van der Waals surface area contributed by atoms with E-state index in [9.17, 15) is 4.79 Å². The zero-order valence-electron chi connectivity index (χ0n) is 19.0. The molecule has 1 aliphatic heterocycles. The van der Waals surface area contributed by atoms with Crippen molar-refractivity contribution in [3.63, 3.8) is 0 Å². The molecule has 2 fully saturated rings. The lowest BCUT2D eigenvalue weighted by molar-refractivity contribution is -0.134. The van der Waals surface area contributed by atoms with Crippen LogP contribution in [0.2, 0.25) is 0 Å². The van der Waals surface area contributed by atoms with E-state index in [-0.39, 0.29) is 17.9 Å². The van der Waals surface area contributed by atoms with Crippen LogP contribution in [0.15, 0.2) is 29.2 Å². The van der Waals surface area contributed by atoms with E-state index < -0.39 is 0 Å². The number of piperazine rings is 1. The Morgan fingerprint density at radius 2 is 1.97 bits per heavy atom. The average molecular weight is 436 g/mol. The lowest BCUT2D eigenvalue weighted by atomic mass is 10.1. The number of rotatable bonds is 5. The predicted molar refractivity (Wildman–Crippen MR) is 120 cm³/mol. The third-order valence-electron chi connectivity index (χ3n) is 6.20. The van der Waals surface area contributed by atoms with Crippen LogP contribution < -0.4 is 4.90 Å². The maximum atomic E-state index is 12.6. The van der Waals surface area contributed by atoms with Crippen LogP contribution in [-0.4, -0.2) is 61.2 Å². The van der Waals surface area contributed by atoms with Crippen molar-refractivity contribution in [2.24, 2.45) is 13.0 Å². The molecule has 3 aromatic heterocycles. The maximum Gasteiger partial charge on any atom is 0.230 e. The number of hydrogen-bond donors (Lipinski definition) is 0. The summed E-state index contributed by atoms with van der Waals surface area (Å²) in [5.74, 6) is 2.77. The second kappa shape index (κ2) is 8.03. The van der Waals surface area contributed by atoms with E-state index in [4.69, 9.17) is 9.40 Å². The Bertz CT molecular complexity index is 1130. The third-order valence-corrected chi connectivity index (χ3v) is 6.20. The van der Waals surface area contributed by atoms with Gasteiger partial charge in [-0.3, -0.25) is 9.48 Å². The Kier molecular flexibility index (Phi) is 5.19. The summed E-state index contributed by atoms with van der Waals surface area (Å²) in [6, 6.07) is 0.127. The number of nitrogens with zero attached hydrogens (tertiary/aromatic N) is 7. The molecule has 2 aliphatic rings. The van der Waals surface area contributed by atoms with E-state index in [0.29, 0.717) is 37.4 Å². The number of aromatic nitrogens is 5. The first-order chi connectivity index (χ1) is 15.4. The quantitative estimate of drug-likeness (QED) is 0.608.